The van der Waals surface area contributed by atoms with Crippen LogP contribution in [0.15, 0.2) is 65.9 Å². The smallest absolute Gasteiger partial charge is 0.194 e. The Hall–Kier alpha value is -3.66. The zero-order valence-corrected chi connectivity index (χ0v) is 16.5. The summed E-state index contributed by atoms with van der Waals surface area (Å²) in [6.45, 7) is 3.48. The monoisotopic (exact) mass is 390 g/mol. The number of para-hydroxylation sites is 1. The van der Waals surface area contributed by atoms with Crippen LogP contribution in [-0.2, 0) is 13.1 Å². The third kappa shape index (κ3) is 5.20. The normalized spacial score (nSPS) is 11.2. The van der Waals surface area contributed by atoms with E-state index in [1.54, 1.807) is 12.1 Å². The minimum atomic E-state index is -0.421. The summed E-state index contributed by atoms with van der Waals surface area (Å²) < 4.78 is 16.0. The lowest BCUT2D eigenvalue weighted by Gasteiger charge is -2.21. The number of nitrogens with zero attached hydrogens (tertiary/aromatic N) is 5. The Morgan fingerprint density at radius 2 is 2.07 bits per heavy atom. The molecule has 0 radical (unpaired) electrons. The standard InChI is InChI=1S/C22H23FN6/c1-3-25-22(26-14-19-10-9-17(12-24)11-21(19)23)28(2)15-18-13-27-29(16-18)20-7-5-4-6-8-20/h4-11,13,16H,3,14-15H2,1-2H3,(H,25,26). The number of hydrogen-bond donors (Lipinski definition) is 1. The first-order chi connectivity index (χ1) is 14.1. The van der Waals surface area contributed by atoms with Gasteiger partial charge in [-0.15, -0.1) is 0 Å². The molecule has 7 heteroatoms. The molecule has 0 aliphatic rings. The van der Waals surface area contributed by atoms with E-state index < -0.39 is 5.82 Å². The van der Waals surface area contributed by atoms with Crippen LogP contribution in [0.3, 0.4) is 0 Å². The summed E-state index contributed by atoms with van der Waals surface area (Å²) in [5.74, 6) is 0.249. The van der Waals surface area contributed by atoms with Gasteiger partial charge in [0.1, 0.15) is 5.82 Å². The van der Waals surface area contributed by atoms with E-state index >= 15 is 0 Å². The molecule has 1 heterocycles. The first kappa shape index (κ1) is 20.1. The molecule has 2 aromatic carbocycles. The molecule has 3 aromatic rings. The third-order valence-electron chi connectivity index (χ3n) is 4.35. The molecule has 0 bridgehead atoms. The lowest BCUT2D eigenvalue weighted by molar-refractivity contribution is 0.476. The highest BCUT2D eigenvalue weighted by Gasteiger charge is 2.10. The van der Waals surface area contributed by atoms with Crippen LogP contribution in [0.4, 0.5) is 4.39 Å². The Bertz CT molecular complexity index is 1020. The zero-order chi connectivity index (χ0) is 20.6. The molecule has 3 rings (SSSR count). The lowest BCUT2D eigenvalue weighted by atomic mass is 10.1. The van der Waals surface area contributed by atoms with Crippen LogP contribution >= 0.6 is 0 Å². The predicted octanol–water partition coefficient (Wildman–Crippen LogP) is 3.48. The van der Waals surface area contributed by atoms with E-state index in [2.05, 4.69) is 15.4 Å². The van der Waals surface area contributed by atoms with Crippen LogP contribution in [0.1, 0.15) is 23.6 Å². The van der Waals surface area contributed by atoms with Crippen molar-refractivity contribution >= 4 is 5.96 Å². The van der Waals surface area contributed by atoms with Gasteiger partial charge in [0, 0.05) is 37.5 Å². The number of nitriles is 1. The first-order valence-electron chi connectivity index (χ1n) is 9.37. The van der Waals surface area contributed by atoms with Crippen molar-refractivity contribution in [3.63, 3.8) is 0 Å². The predicted molar refractivity (Wildman–Crippen MR) is 111 cm³/mol. The van der Waals surface area contributed by atoms with Crippen LogP contribution < -0.4 is 5.32 Å². The van der Waals surface area contributed by atoms with Crippen molar-refractivity contribution in [2.75, 3.05) is 13.6 Å². The van der Waals surface area contributed by atoms with Crippen molar-refractivity contribution in [1.29, 1.82) is 5.26 Å². The van der Waals surface area contributed by atoms with Crippen molar-refractivity contribution in [2.24, 2.45) is 4.99 Å². The molecule has 1 aromatic heterocycles. The third-order valence-corrected chi connectivity index (χ3v) is 4.35. The number of nitrogens with one attached hydrogen (secondary N) is 1. The van der Waals surface area contributed by atoms with Crippen molar-refractivity contribution < 1.29 is 4.39 Å². The second kappa shape index (κ2) is 9.51. The minimum Gasteiger partial charge on any atom is -0.357 e. The van der Waals surface area contributed by atoms with Crippen LogP contribution in [0.25, 0.3) is 5.69 Å². The molecule has 0 fully saturated rings. The zero-order valence-electron chi connectivity index (χ0n) is 16.5. The Morgan fingerprint density at radius 1 is 1.28 bits per heavy atom. The molecule has 0 saturated carbocycles. The van der Waals surface area contributed by atoms with Gasteiger partial charge >= 0.3 is 0 Å². The molecule has 0 unspecified atom stereocenters. The van der Waals surface area contributed by atoms with E-state index in [0.717, 1.165) is 11.3 Å². The fourth-order valence-electron chi connectivity index (χ4n) is 2.89. The Balaban J connectivity index is 1.71. The number of aromatic nitrogens is 2. The van der Waals surface area contributed by atoms with Crippen molar-refractivity contribution in [3.8, 4) is 11.8 Å². The molecular formula is C22H23FN6. The quantitative estimate of drug-likeness (QED) is 0.517. The summed E-state index contributed by atoms with van der Waals surface area (Å²) in [5, 5.41) is 16.5. The Kier molecular flexibility index (Phi) is 6.59. The van der Waals surface area contributed by atoms with E-state index in [4.69, 9.17) is 5.26 Å². The first-order valence-corrected chi connectivity index (χ1v) is 9.37. The maximum atomic E-state index is 14.1. The van der Waals surface area contributed by atoms with Crippen molar-refractivity contribution in [3.05, 3.63) is 83.4 Å². The van der Waals surface area contributed by atoms with Crippen LogP contribution in [0, 0.1) is 17.1 Å². The largest absolute Gasteiger partial charge is 0.357 e. The van der Waals surface area contributed by atoms with Crippen molar-refractivity contribution in [2.45, 2.75) is 20.0 Å². The molecule has 0 spiro atoms. The number of halogens is 1. The molecule has 6 nitrogen and oxygen atoms in total. The average Bonchev–Trinajstić information content (AvgIpc) is 3.20. The molecule has 0 aliphatic carbocycles. The summed E-state index contributed by atoms with van der Waals surface area (Å²) in [7, 11) is 1.93. The van der Waals surface area contributed by atoms with Gasteiger partial charge in [-0.1, -0.05) is 24.3 Å². The van der Waals surface area contributed by atoms with Gasteiger partial charge in [-0.05, 0) is 31.2 Å². The van der Waals surface area contributed by atoms with Gasteiger partial charge in [-0.25, -0.2) is 14.1 Å². The summed E-state index contributed by atoms with van der Waals surface area (Å²) in [4.78, 5) is 6.51. The molecular weight excluding hydrogens is 367 g/mol. The van der Waals surface area contributed by atoms with Crippen molar-refractivity contribution in [1.82, 2.24) is 20.0 Å². The van der Waals surface area contributed by atoms with E-state index in [9.17, 15) is 4.39 Å². The number of guanidine groups is 1. The number of hydrogen-bond acceptors (Lipinski definition) is 3. The van der Waals surface area contributed by atoms with Gasteiger partial charge in [-0.3, -0.25) is 0 Å². The van der Waals surface area contributed by atoms with E-state index in [1.165, 1.54) is 6.07 Å². The van der Waals surface area contributed by atoms with E-state index in [-0.39, 0.29) is 6.54 Å². The van der Waals surface area contributed by atoms with Crippen LogP contribution in [-0.4, -0.2) is 34.2 Å². The molecule has 0 saturated heterocycles. The molecule has 148 valence electrons. The summed E-state index contributed by atoms with van der Waals surface area (Å²) in [6, 6.07) is 16.3. The van der Waals surface area contributed by atoms with Crippen LogP contribution in [0.5, 0.6) is 0 Å². The molecule has 0 atom stereocenters. The average molecular weight is 390 g/mol. The lowest BCUT2D eigenvalue weighted by Crippen LogP contribution is -2.38. The number of benzene rings is 2. The van der Waals surface area contributed by atoms with Gasteiger partial charge in [0.15, 0.2) is 5.96 Å². The SMILES string of the molecule is CCNC(=NCc1ccc(C#N)cc1F)N(C)Cc1cnn(-c2ccccc2)c1. The van der Waals surface area contributed by atoms with Gasteiger partial charge in [0.2, 0.25) is 0 Å². The maximum absolute atomic E-state index is 14.1. The number of aliphatic imine (C=N–C) groups is 1. The minimum absolute atomic E-state index is 0.188. The molecule has 0 aliphatic heterocycles. The topological polar surface area (TPSA) is 69.2 Å². The molecule has 1 N–H and O–H groups in total. The Morgan fingerprint density at radius 3 is 2.76 bits per heavy atom. The summed E-state index contributed by atoms with van der Waals surface area (Å²) in [5.41, 5.74) is 2.78. The van der Waals surface area contributed by atoms with Gasteiger partial charge in [-0.2, -0.15) is 10.4 Å². The summed E-state index contributed by atoms with van der Waals surface area (Å²) in [6.07, 6.45) is 3.81. The molecule has 0 amide bonds. The Labute approximate surface area is 169 Å². The number of rotatable bonds is 6. The van der Waals surface area contributed by atoms with Crippen LogP contribution in [0.2, 0.25) is 0 Å². The van der Waals surface area contributed by atoms with E-state index in [0.29, 0.717) is 30.2 Å². The van der Waals surface area contributed by atoms with Gasteiger partial charge in [0.25, 0.3) is 0 Å². The fraction of sp³-hybridized carbons (Fsp3) is 0.227. The van der Waals surface area contributed by atoms with E-state index in [1.807, 2.05) is 72.3 Å². The highest BCUT2D eigenvalue weighted by molar-refractivity contribution is 5.79. The second-order valence-electron chi connectivity index (χ2n) is 6.57. The van der Waals surface area contributed by atoms with Gasteiger partial charge < -0.3 is 10.2 Å². The van der Waals surface area contributed by atoms with Gasteiger partial charge in [0.05, 0.1) is 30.1 Å². The highest BCUT2D eigenvalue weighted by atomic mass is 19.1. The maximum Gasteiger partial charge on any atom is 0.194 e. The highest BCUT2D eigenvalue weighted by Crippen LogP contribution is 2.12. The molecule has 29 heavy (non-hydrogen) atoms. The summed E-state index contributed by atoms with van der Waals surface area (Å²) >= 11 is 0. The second-order valence-corrected chi connectivity index (χ2v) is 6.57. The fourth-order valence-corrected chi connectivity index (χ4v) is 2.89.